The van der Waals surface area contributed by atoms with Crippen molar-refractivity contribution in [2.45, 2.75) is 51.6 Å². The summed E-state index contributed by atoms with van der Waals surface area (Å²) >= 11 is 0. The molecule has 0 saturated heterocycles. The topological polar surface area (TPSA) is 56.3 Å². The predicted octanol–water partition coefficient (Wildman–Crippen LogP) is 4.64. The molecule has 0 fully saturated rings. The first-order valence-corrected chi connectivity index (χ1v) is 10.4. The van der Waals surface area contributed by atoms with Crippen molar-refractivity contribution in [1.29, 1.82) is 0 Å². The van der Waals surface area contributed by atoms with Crippen molar-refractivity contribution in [3.8, 4) is 0 Å². The quantitative estimate of drug-likeness (QED) is 0.485. The zero-order valence-corrected chi connectivity index (χ0v) is 16.5. The number of aryl methyl sites for hydroxylation is 3. The molecule has 1 heterocycles. The van der Waals surface area contributed by atoms with E-state index < -0.39 is 12.1 Å². The van der Waals surface area contributed by atoms with Gasteiger partial charge in [-0.05, 0) is 74.3 Å². The smallest absolute Gasteiger partial charge is 0.339 e. The van der Waals surface area contributed by atoms with Gasteiger partial charge in [0, 0.05) is 16.6 Å². The number of ketones is 1. The summed E-state index contributed by atoms with van der Waals surface area (Å²) in [6.07, 6.45) is 5.09. The highest BCUT2D eigenvalue weighted by Gasteiger charge is 2.28. The van der Waals surface area contributed by atoms with Crippen LogP contribution in [0.25, 0.3) is 10.9 Å². The maximum Gasteiger partial charge on any atom is 0.339 e. The van der Waals surface area contributed by atoms with E-state index in [1.54, 1.807) is 6.92 Å². The monoisotopic (exact) mass is 385 g/mol. The molecule has 1 aromatic heterocycles. The van der Waals surface area contributed by atoms with Gasteiger partial charge in [-0.3, -0.25) is 9.78 Å². The molecule has 2 aliphatic rings. The summed E-state index contributed by atoms with van der Waals surface area (Å²) in [5.74, 6) is -0.577. The van der Waals surface area contributed by atoms with Crippen LogP contribution in [0.5, 0.6) is 0 Å². The van der Waals surface area contributed by atoms with Gasteiger partial charge < -0.3 is 4.74 Å². The van der Waals surface area contributed by atoms with Gasteiger partial charge >= 0.3 is 5.97 Å². The molecule has 1 atom stereocenters. The summed E-state index contributed by atoms with van der Waals surface area (Å²) in [6.45, 7) is 1.66. The number of para-hydroxylation sites is 1. The summed E-state index contributed by atoms with van der Waals surface area (Å²) < 4.78 is 5.69. The lowest BCUT2D eigenvalue weighted by molar-refractivity contribution is 0.0319. The highest BCUT2D eigenvalue weighted by atomic mass is 16.5. The van der Waals surface area contributed by atoms with E-state index in [9.17, 15) is 9.59 Å². The average Bonchev–Trinajstić information content (AvgIpc) is 3.39. The van der Waals surface area contributed by atoms with E-state index in [4.69, 9.17) is 9.72 Å². The van der Waals surface area contributed by atoms with Crippen LogP contribution in [0.2, 0.25) is 0 Å². The maximum atomic E-state index is 13.1. The van der Waals surface area contributed by atoms with Crippen molar-refractivity contribution in [2.75, 3.05) is 0 Å². The molecule has 4 heteroatoms. The fourth-order valence-corrected chi connectivity index (χ4v) is 4.68. The molecule has 29 heavy (non-hydrogen) atoms. The van der Waals surface area contributed by atoms with Gasteiger partial charge in [-0.2, -0.15) is 0 Å². The number of carbonyl (C=O) groups is 2. The second-order valence-corrected chi connectivity index (χ2v) is 8.03. The van der Waals surface area contributed by atoms with E-state index in [-0.39, 0.29) is 5.78 Å². The standard InChI is InChI=1S/C25H23NO3/c1-15(24(27)18-13-12-16-6-4-7-17(16)14-18)29-25(28)23-19-8-2-3-10-21(19)26-22-11-5-9-20(22)23/h2-3,8,10,12-15H,4-7,9,11H2,1H3/t15-/m1/s1. The molecular formula is C25H23NO3. The van der Waals surface area contributed by atoms with Crippen LogP contribution in [-0.4, -0.2) is 22.8 Å². The van der Waals surface area contributed by atoms with E-state index >= 15 is 0 Å². The van der Waals surface area contributed by atoms with Gasteiger partial charge in [0.15, 0.2) is 6.10 Å². The van der Waals surface area contributed by atoms with Crippen LogP contribution in [0, 0.1) is 0 Å². The van der Waals surface area contributed by atoms with Crippen molar-refractivity contribution < 1.29 is 14.3 Å². The number of hydrogen-bond acceptors (Lipinski definition) is 4. The first-order valence-electron chi connectivity index (χ1n) is 10.4. The molecule has 0 saturated carbocycles. The summed E-state index contributed by atoms with van der Waals surface area (Å²) in [6, 6.07) is 13.5. The Kier molecular flexibility index (Phi) is 4.42. The zero-order valence-electron chi connectivity index (χ0n) is 16.5. The van der Waals surface area contributed by atoms with E-state index in [2.05, 4.69) is 0 Å². The number of pyridine rings is 1. The fraction of sp³-hybridized carbons (Fsp3) is 0.320. The molecule has 146 valence electrons. The summed E-state index contributed by atoms with van der Waals surface area (Å²) in [5.41, 5.74) is 6.53. The third-order valence-corrected chi connectivity index (χ3v) is 6.16. The van der Waals surface area contributed by atoms with E-state index in [0.29, 0.717) is 11.1 Å². The lowest BCUT2D eigenvalue weighted by atomic mass is 10.0. The van der Waals surface area contributed by atoms with Gasteiger partial charge in [-0.25, -0.2) is 4.79 Å². The number of esters is 1. The second kappa shape index (κ2) is 7.11. The summed E-state index contributed by atoms with van der Waals surface area (Å²) in [4.78, 5) is 30.8. The molecule has 0 N–H and O–H groups in total. The average molecular weight is 385 g/mol. The van der Waals surface area contributed by atoms with Crippen molar-refractivity contribution in [3.05, 3.63) is 76.0 Å². The molecule has 0 amide bonds. The number of hydrogen-bond donors (Lipinski definition) is 0. The van der Waals surface area contributed by atoms with Crippen molar-refractivity contribution in [1.82, 2.24) is 4.98 Å². The molecule has 0 radical (unpaired) electrons. The molecule has 0 spiro atoms. The predicted molar refractivity (Wildman–Crippen MR) is 111 cm³/mol. The van der Waals surface area contributed by atoms with Gasteiger partial charge in [0.1, 0.15) is 0 Å². The highest BCUT2D eigenvalue weighted by Crippen LogP contribution is 2.31. The number of ether oxygens (including phenoxy) is 1. The van der Waals surface area contributed by atoms with Crippen molar-refractivity contribution in [2.24, 2.45) is 0 Å². The number of rotatable bonds is 4. The molecule has 2 aromatic carbocycles. The molecule has 0 bridgehead atoms. The Morgan fingerprint density at radius 1 is 0.966 bits per heavy atom. The minimum Gasteiger partial charge on any atom is -0.451 e. The highest BCUT2D eigenvalue weighted by molar-refractivity contribution is 6.07. The van der Waals surface area contributed by atoms with Gasteiger partial charge in [0.2, 0.25) is 5.78 Å². The SMILES string of the molecule is C[C@@H](OC(=O)c1c2c(nc3ccccc13)CCC2)C(=O)c1ccc2c(c1)CCC2. The van der Waals surface area contributed by atoms with Crippen LogP contribution >= 0.6 is 0 Å². The van der Waals surface area contributed by atoms with Crippen molar-refractivity contribution >= 4 is 22.7 Å². The Morgan fingerprint density at radius 3 is 2.66 bits per heavy atom. The molecule has 4 nitrogen and oxygen atoms in total. The van der Waals surface area contributed by atoms with E-state index in [0.717, 1.165) is 60.7 Å². The van der Waals surface area contributed by atoms with Crippen molar-refractivity contribution in [3.63, 3.8) is 0 Å². The van der Waals surface area contributed by atoms with Gasteiger partial charge in [-0.15, -0.1) is 0 Å². The van der Waals surface area contributed by atoms with Gasteiger partial charge in [0.05, 0.1) is 11.1 Å². The molecule has 0 aliphatic heterocycles. The number of aromatic nitrogens is 1. The minimum atomic E-state index is -0.828. The Morgan fingerprint density at radius 2 is 1.76 bits per heavy atom. The molecule has 0 unspecified atom stereocenters. The third kappa shape index (κ3) is 3.13. The molecule has 3 aromatic rings. The fourth-order valence-electron chi connectivity index (χ4n) is 4.68. The number of Topliss-reactive ketones (excluding diaryl/α,β-unsaturated/α-hetero) is 1. The van der Waals surface area contributed by atoms with Crippen LogP contribution in [0.15, 0.2) is 42.5 Å². The lowest BCUT2D eigenvalue weighted by Gasteiger charge is -2.16. The van der Waals surface area contributed by atoms with E-state index in [1.165, 1.54) is 11.1 Å². The summed E-state index contributed by atoms with van der Waals surface area (Å²) in [5, 5.41) is 0.801. The Bertz CT molecular complexity index is 1150. The van der Waals surface area contributed by atoms with E-state index in [1.807, 2.05) is 42.5 Å². The molecule has 5 rings (SSSR count). The molecule has 2 aliphatic carbocycles. The number of benzene rings is 2. The number of carbonyl (C=O) groups excluding carboxylic acids is 2. The van der Waals surface area contributed by atoms with Crippen LogP contribution in [0.1, 0.15) is 62.9 Å². The Labute approximate surface area is 169 Å². The maximum absolute atomic E-state index is 13.1. The first-order chi connectivity index (χ1) is 14.1. The zero-order chi connectivity index (χ0) is 20.0. The van der Waals surface area contributed by atoms with Gasteiger partial charge in [0.25, 0.3) is 0 Å². The van der Waals surface area contributed by atoms with Crippen LogP contribution < -0.4 is 0 Å². The van der Waals surface area contributed by atoms with Crippen LogP contribution in [0.4, 0.5) is 0 Å². The molecular weight excluding hydrogens is 362 g/mol. The first kappa shape index (κ1) is 18.0. The largest absolute Gasteiger partial charge is 0.451 e. The Balaban J connectivity index is 1.44. The number of nitrogens with zero attached hydrogens (tertiary/aromatic N) is 1. The Hall–Kier alpha value is -3.01. The van der Waals surface area contributed by atoms with Crippen LogP contribution in [0.3, 0.4) is 0 Å². The third-order valence-electron chi connectivity index (χ3n) is 6.16. The van der Waals surface area contributed by atoms with Gasteiger partial charge in [-0.1, -0.05) is 30.3 Å². The summed E-state index contributed by atoms with van der Waals surface area (Å²) in [7, 11) is 0. The number of fused-ring (bicyclic) bond motifs is 3. The second-order valence-electron chi connectivity index (χ2n) is 8.03. The lowest BCUT2D eigenvalue weighted by Crippen LogP contribution is -2.25. The van der Waals surface area contributed by atoms with Crippen LogP contribution in [-0.2, 0) is 30.4 Å². The normalized spacial score (nSPS) is 15.8. The minimum absolute atomic E-state index is 0.150.